The number of likely N-dealkylation sites (N-methyl/N-ethyl adjacent to an activating group) is 1. The number of nitrogens with two attached hydrogens (primary N) is 1. The minimum Gasteiger partial charge on any atom is -0.399 e. The average Bonchev–Trinajstić information content (AvgIpc) is 2.25. The zero-order chi connectivity index (χ0) is 12.6. The number of hydrogen-bond donors (Lipinski definition) is 1. The molecule has 17 heavy (non-hydrogen) atoms. The van der Waals surface area contributed by atoms with Crippen LogP contribution in [0.4, 0.5) is 11.4 Å². The first-order valence-electron chi connectivity index (χ1n) is 5.77. The fraction of sp³-hybridized carbons (Fsp3) is 0.462. The number of anilines is 2. The van der Waals surface area contributed by atoms with E-state index in [0.717, 1.165) is 11.4 Å². The van der Waals surface area contributed by atoms with Gasteiger partial charge in [-0.2, -0.15) is 0 Å². The second-order valence-corrected chi connectivity index (χ2v) is 5.24. The van der Waals surface area contributed by atoms with Crippen LogP contribution in [-0.4, -0.2) is 36.5 Å². The number of nitrogens with zero attached hydrogens (tertiary/aromatic N) is 2. The number of nitrogen functional groups attached to an aromatic ring is 1. The third kappa shape index (κ3) is 2.26. The Morgan fingerprint density at radius 2 is 1.82 bits per heavy atom. The molecule has 4 nitrogen and oxygen atoms in total. The molecule has 4 heteroatoms. The van der Waals surface area contributed by atoms with Crippen LogP contribution in [0.2, 0.25) is 0 Å². The van der Waals surface area contributed by atoms with E-state index in [0.29, 0.717) is 13.1 Å². The maximum atomic E-state index is 12.0. The lowest BCUT2D eigenvalue weighted by Crippen LogP contribution is -2.60. The van der Waals surface area contributed by atoms with Crippen molar-refractivity contribution in [2.75, 3.05) is 30.8 Å². The van der Waals surface area contributed by atoms with Crippen molar-refractivity contribution >= 4 is 17.3 Å². The molecular weight excluding hydrogens is 214 g/mol. The number of piperazine rings is 1. The highest BCUT2D eigenvalue weighted by molar-refractivity contribution is 5.96. The molecule has 2 rings (SSSR count). The number of benzene rings is 1. The van der Waals surface area contributed by atoms with Gasteiger partial charge in [0.15, 0.2) is 0 Å². The molecule has 1 saturated heterocycles. The van der Waals surface area contributed by atoms with E-state index >= 15 is 0 Å². The molecule has 0 radical (unpaired) electrons. The van der Waals surface area contributed by atoms with Crippen molar-refractivity contribution in [3.05, 3.63) is 24.3 Å². The molecule has 1 aromatic carbocycles. The van der Waals surface area contributed by atoms with Crippen LogP contribution in [0.5, 0.6) is 0 Å². The summed E-state index contributed by atoms with van der Waals surface area (Å²) < 4.78 is 0. The third-order valence-electron chi connectivity index (χ3n) is 3.46. The highest BCUT2D eigenvalue weighted by Crippen LogP contribution is 2.25. The van der Waals surface area contributed by atoms with Gasteiger partial charge in [-0.3, -0.25) is 9.69 Å². The topological polar surface area (TPSA) is 49.6 Å². The van der Waals surface area contributed by atoms with Gasteiger partial charge < -0.3 is 10.6 Å². The number of hydrogen-bond acceptors (Lipinski definition) is 3. The average molecular weight is 233 g/mol. The van der Waals surface area contributed by atoms with Gasteiger partial charge in [-0.25, -0.2) is 0 Å². The van der Waals surface area contributed by atoms with Gasteiger partial charge >= 0.3 is 0 Å². The van der Waals surface area contributed by atoms with Gasteiger partial charge in [0.25, 0.3) is 0 Å². The summed E-state index contributed by atoms with van der Waals surface area (Å²) in [6.07, 6.45) is 0. The van der Waals surface area contributed by atoms with E-state index in [1.54, 1.807) is 0 Å². The van der Waals surface area contributed by atoms with Gasteiger partial charge in [-0.05, 0) is 45.2 Å². The zero-order valence-electron chi connectivity index (χ0n) is 10.6. The van der Waals surface area contributed by atoms with Crippen molar-refractivity contribution in [3.63, 3.8) is 0 Å². The number of carbonyl (C=O) groups is 1. The molecule has 1 aliphatic heterocycles. The van der Waals surface area contributed by atoms with Crippen LogP contribution in [0.25, 0.3) is 0 Å². The van der Waals surface area contributed by atoms with Gasteiger partial charge in [-0.15, -0.1) is 0 Å². The van der Waals surface area contributed by atoms with Crippen LogP contribution < -0.4 is 10.6 Å². The second kappa shape index (κ2) is 4.04. The lowest BCUT2D eigenvalue weighted by Gasteiger charge is -2.44. The molecule has 0 bridgehead atoms. The molecule has 1 heterocycles. The molecule has 1 amide bonds. The third-order valence-corrected chi connectivity index (χ3v) is 3.46. The fourth-order valence-electron chi connectivity index (χ4n) is 1.99. The monoisotopic (exact) mass is 233 g/mol. The van der Waals surface area contributed by atoms with Crippen molar-refractivity contribution in [1.82, 2.24) is 4.90 Å². The Balaban J connectivity index is 2.26. The van der Waals surface area contributed by atoms with Crippen molar-refractivity contribution in [2.24, 2.45) is 0 Å². The molecule has 92 valence electrons. The lowest BCUT2D eigenvalue weighted by molar-refractivity contribution is -0.123. The SMILES string of the molecule is CN1CC(=O)N(c2ccc(N)cc2)CC1(C)C. The minimum absolute atomic E-state index is 0.00467. The van der Waals surface area contributed by atoms with E-state index in [4.69, 9.17) is 5.73 Å². The van der Waals surface area contributed by atoms with Crippen molar-refractivity contribution in [1.29, 1.82) is 0 Å². The smallest absolute Gasteiger partial charge is 0.241 e. The Bertz CT molecular complexity index is 425. The first kappa shape index (κ1) is 11.9. The van der Waals surface area contributed by atoms with Crippen molar-refractivity contribution < 1.29 is 4.79 Å². The molecular formula is C13H19N3O. The molecule has 1 aliphatic rings. The molecule has 0 aliphatic carbocycles. The summed E-state index contributed by atoms with van der Waals surface area (Å²) in [5.41, 5.74) is 7.29. The second-order valence-electron chi connectivity index (χ2n) is 5.24. The quantitative estimate of drug-likeness (QED) is 0.744. The van der Waals surface area contributed by atoms with E-state index in [2.05, 4.69) is 18.7 Å². The minimum atomic E-state index is -0.00467. The zero-order valence-corrected chi connectivity index (χ0v) is 10.6. The summed E-state index contributed by atoms with van der Waals surface area (Å²) in [6.45, 7) is 5.44. The van der Waals surface area contributed by atoms with E-state index < -0.39 is 0 Å². The number of carbonyl (C=O) groups excluding carboxylic acids is 1. The Morgan fingerprint density at radius 1 is 1.24 bits per heavy atom. The maximum absolute atomic E-state index is 12.0. The Hall–Kier alpha value is -1.55. The van der Waals surface area contributed by atoms with Crippen molar-refractivity contribution in [2.45, 2.75) is 19.4 Å². The highest BCUT2D eigenvalue weighted by atomic mass is 16.2. The molecule has 0 spiro atoms. The van der Waals surface area contributed by atoms with Gasteiger partial charge in [0.1, 0.15) is 0 Å². The predicted molar refractivity (Wildman–Crippen MR) is 69.9 cm³/mol. The molecule has 0 saturated carbocycles. The highest BCUT2D eigenvalue weighted by Gasteiger charge is 2.35. The largest absolute Gasteiger partial charge is 0.399 e. The summed E-state index contributed by atoms with van der Waals surface area (Å²) in [5.74, 6) is 0.136. The first-order valence-corrected chi connectivity index (χ1v) is 5.77. The van der Waals surface area contributed by atoms with E-state index in [-0.39, 0.29) is 11.4 Å². The summed E-state index contributed by atoms with van der Waals surface area (Å²) >= 11 is 0. The first-order chi connectivity index (χ1) is 7.90. The molecule has 0 atom stereocenters. The van der Waals surface area contributed by atoms with E-state index in [1.807, 2.05) is 36.2 Å². The Morgan fingerprint density at radius 3 is 2.41 bits per heavy atom. The Labute approximate surface area is 102 Å². The summed E-state index contributed by atoms with van der Waals surface area (Å²) in [6, 6.07) is 7.45. The standard InChI is InChI=1S/C13H19N3O/c1-13(2)9-16(12(17)8-15(13)3)11-6-4-10(14)5-7-11/h4-7H,8-9,14H2,1-3H3. The molecule has 0 unspecified atom stereocenters. The molecule has 1 aromatic rings. The lowest BCUT2D eigenvalue weighted by atomic mass is 9.99. The normalized spacial score (nSPS) is 20.6. The Kier molecular flexibility index (Phi) is 2.83. The molecule has 1 fully saturated rings. The predicted octanol–water partition coefficient (Wildman–Crippen LogP) is 1.33. The van der Waals surface area contributed by atoms with Gasteiger partial charge in [0, 0.05) is 23.5 Å². The van der Waals surface area contributed by atoms with Gasteiger partial charge in [-0.1, -0.05) is 0 Å². The van der Waals surface area contributed by atoms with Crippen LogP contribution in [0, 0.1) is 0 Å². The van der Waals surface area contributed by atoms with Crippen LogP contribution in [0.1, 0.15) is 13.8 Å². The van der Waals surface area contributed by atoms with Crippen LogP contribution in [-0.2, 0) is 4.79 Å². The summed E-state index contributed by atoms with van der Waals surface area (Å²) in [5, 5.41) is 0. The maximum Gasteiger partial charge on any atom is 0.241 e. The molecule has 2 N–H and O–H groups in total. The summed E-state index contributed by atoms with van der Waals surface area (Å²) in [7, 11) is 1.98. The van der Waals surface area contributed by atoms with Gasteiger partial charge in [0.05, 0.1) is 6.54 Å². The number of rotatable bonds is 1. The van der Waals surface area contributed by atoms with Gasteiger partial charge in [0.2, 0.25) is 5.91 Å². The van der Waals surface area contributed by atoms with E-state index in [9.17, 15) is 4.79 Å². The summed E-state index contributed by atoms with van der Waals surface area (Å²) in [4.78, 5) is 16.0. The van der Waals surface area contributed by atoms with Crippen LogP contribution >= 0.6 is 0 Å². The fourth-order valence-corrected chi connectivity index (χ4v) is 1.99. The molecule has 0 aromatic heterocycles. The van der Waals surface area contributed by atoms with Crippen molar-refractivity contribution in [3.8, 4) is 0 Å². The van der Waals surface area contributed by atoms with E-state index in [1.165, 1.54) is 0 Å². The van der Waals surface area contributed by atoms with Crippen LogP contribution in [0.3, 0.4) is 0 Å². The van der Waals surface area contributed by atoms with Crippen LogP contribution in [0.15, 0.2) is 24.3 Å². The number of amides is 1.